The largest absolute Gasteiger partial charge is 0.466 e. The van der Waals surface area contributed by atoms with Crippen molar-refractivity contribution in [1.29, 1.82) is 0 Å². The zero-order chi connectivity index (χ0) is 12.7. The number of ether oxygens (including phenoxy) is 2. The van der Waals surface area contributed by atoms with Gasteiger partial charge in [0, 0.05) is 19.8 Å². The fraction of sp³-hybridized carbons (Fsp3) is 0.900. The van der Waals surface area contributed by atoms with Gasteiger partial charge in [-0.3, -0.25) is 4.79 Å². The summed E-state index contributed by atoms with van der Waals surface area (Å²) in [5, 5.41) is -0.404. The molecule has 1 aliphatic rings. The molecule has 0 aliphatic carbocycles. The van der Waals surface area contributed by atoms with Gasteiger partial charge in [0.15, 0.2) is 0 Å². The first-order chi connectivity index (χ1) is 8.06. The van der Waals surface area contributed by atoms with Gasteiger partial charge in [0.1, 0.15) is 0 Å². The third kappa shape index (κ3) is 5.01. The van der Waals surface area contributed by atoms with Crippen LogP contribution in [0.5, 0.6) is 0 Å². The summed E-state index contributed by atoms with van der Waals surface area (Å²) in [6.07, 6.45) is 1.08. The van der Waals surface area contributed by atoms with Crippen molar-refractivity contribution in [1.82, 2.24) is 4.72 Å². The highest BCUT2D eigenvalue weighted by molar-refractivity contribution is 7.90. The lowest BCUT2D eigenvalue weighted by Crippen LogP contribution is -2.38. The number of rotatable bonds is 6. The molecule has 1 heterocycles. The Morgan fingerprint density at radius 2 is 2.06 bits per heavy atom. The van der Waals surface area contributed by atoms with Gasteiger partial charge in [-0.05, 0) is 19.8 Å². The first kappa shape index (κ1) is 14.4. The number of nitrogens with one attached hydrogen (secondary N) is 1. The van der Waals surface area contributed by atoms with Crippen molar-refractivity contribution in [3.63, 3.8) is 0 Å². The third-order valence-corrected chi connectivity index (χ3v) is 4.50. The van der Waals surface area contributed by atoms with Crippen molar-refractivity contribution in [2.24, 2.45) is 0 Å². The second-order valence-corrected chi connectivity index (χ2v) is 5.85. The van der Waals surface area contributed by atoms with E-state index in [1.165, 1.54) is 0 Å². The van der Waals surface area contributed by atoms with Crippen LogP contribution in [-0.4, -0.2) is 46.0 Å². The van der Waals surface area contributed by atoms with E-state index in [2.05, 4.69) is 4.72 Å². The van der Waals surface area contributed by atoms with Crippen LogP contribution in [0.25, 0.3) is 0 Å². The monoisotopic (exact) mass is 265 g/mol. The molecule has 0 aromatic carbocycles. The quantitative estimate of drug-likeness (QED) is 0.686. The molecule has 17 heavy (non-hydrogen) atoms. The maximum absolute atomic E-state index is 11.8. The number of hydrogen-bond acceptors (Lipinski definition) is 5. The third-order valence-electron chi connectivity index (χ3n) is 2.54. The van der Waals surface area contributed by atoms with Crippen LogP contribution in [0.1, 0.15) is 26.2 Å². The van der Waals surface area contributed by atoms with Gasteiger partial charge >= 0.3 is 5.97 Å². The van der Waals surface area contributed by atoms with Gasteiger partial charge in [-0.15, -0.1) is 0 Å². The molecule has 1 N–H and O–H groups in total. The molecule has 0 saturated carbocycles. The van der Waals surface area contributed by atoms with Crippen LogP contribution in [0.3, 0.4) is 0 Å². The summed E-state index contributed by atoms with van der Waals surface area (Å²) in [6.45, 7) is 3.07. The minimum absolute atomic E-state index is 0.0658. The molecule has 100 valence electrons. The van der Waals surface area contributed by atoms with E-state index >= 15 is 0 Å². The van der Waals surface area contributed by atoms with Crippen LogP contribution < -0.4 is 4.72 Å². The molecule has 7 heteroatoms. The number of sulfonamides is 1. The molecule has 1 rings (SSSR count). The van der Waals surface area contributed by atoms with Crippen molar-refractivity contribution in [3.05, 3.63) is 0 Å². The number of carbonyl (C=O) groups excluding carboxylic acids is 1. The molecule has 0 spiro atoms. The highest BCUT2D eigenvalue weighted by Gasteiger charge is 2.27. The SMILES string of the molecule is CCOC(=O)CCNS(=O)(=O)C1CCOCC1. The number of hydrogen-bond donors (Lipinski definition) is 1. The average Bonchev–Trinajstić information content (AvgIpc) is 2.30. The van der Waals surface area contributed by atoms with E-state index in [0.717, 1.165) is 0 Å². The first-order valence-corrected chi connectivity index (χ1v) is 7.32. The van der Waals surface area contributed by atoms with Crippen LogP contribution in [0.4, 0.5) is 0 Å². The topological polar surface area (TPSA) is 81.7 Å². The molecule has 0 aromatic rings. The highest BCUT2D eigenvalue weighted by atomic mass is 32.2. The molecule has 0 unspecified atom stereocenters. The Balaban J connectivity index is 2.31. The Labute approximate surface area is 102 Å². The van der Waals surface area contributed by atoms with E-state index in [1.54, 1.807) is 6.92 Å². The summed E-state index contributed by atoms with van der Waals surface area (Å²) in [7, 11) is -3.33. The summed E-state index contributed by atoms with van der Waals surface area (Å²) < 4.78 is 35.9. The molecule has 6 nitrogen and oxygen atoms in total. The van der Waals surface area contributed by atoms with Crippen molar-refractivity contribution >= 4 is 16.0 Å². The maximum Gasteiger partial charge on any atom is 0.307 e. The fourth-order valence-corrected chi connectivity index (χ4v) is 3.07. The molecule has 1 fully saturated rings. The van der Waals surface area contributed by atoms with Gasteiger partial charge in [0.2, 0.25) is 10.0 Å². The van der Waals surface area contributed by atoms with E-state index in [0.29, 0.717) is 32.7 Å². The van der Waals surface area contributed by atoms with Crippen LogP contribution in [0, 0.1) is 0 Å². The second kappa shape index (κ2) is 6.93. The molecule has 0 amide bonds. The Kier molecular flexibility index (Phi) is 5.87. The molecular weight excluding hydrogens is 246 g/mol. The number of carbonyl (C=O) groups is 1. The summed E-state index contributed by atoms with van der Waals surface area (Å²) >= 11 is 0. The van der Waals surface area contributed by atoms with Crippen LogP contribution in [0.2, 0.25) is 0 Å². The second-order valence-electron chi connectivity index (χ2n) is 3.81. The van der Waals surface area contributed by atoms with Crippen LogP contribution in [-0.2, 0) is 24.3 Å². The molecule has 0 aromatic heterocycles. The summed E-state index contributed by atoms with van der Waals surface area (Å²) in [4.78, 5) is 11.0. The molecule has 0 bridgehead atoms. The van der Waals surface area contributed by atoms with Crippen LogP contribution >= 0.6 is 0 Å². The fourth-order valence-electron chi connectivity index (χ4n) is 1.63. The predicted octanol–water partition coefficient (Wildman–Crippen LogP) is 0.0380. The van der Waals surface area contributed by atoms with E-state index in [9.17, 15) is 13.2 Å². The van der Waals surface area contributed by atoms with Crippen molar-refractivity contribution in [2.45, 2.75) is 31.4 Å². The van der Waals surface area contributed by atoms with Gasteiger partial charge in [-0.25, -0.2) is 13.1 Å². The Morgan fingerprint density at radius 1 is 1.41 bits per heavy atom. The van der Waals surface area contributed by atoms with Gasteiger partial charge in [-0.2, -0.15) is 0 Å². The Morgan fingerprint density at radius 3 is 2.65 bits per heavy atom. The lowest BCUT2D eigenvalue weighted by atomic mass is 10.2. The van der Waals surface area contributed by atoms with Crippen molar-refractivity contribution < 1.29 is 22.7 Å². The van der Waals surface area contributed by atoms with Gasteiger partial charge in [-0.1, -0.05) is 0 Å². The first-order valence-electron chi connectivity index (χ1n) is 5.78. The summed E-state index contributed by atoms with van der Waals surface area (Å²) in [5.74, 6) is -0.387. The lowest BCUT2D eigenvalue weighted by Gasteiger charge is -2.22. The minimum Gasteiger partial charge on any atom is -0.466 e. The zero-order valence-electron chi connectivity index (χ0n) is 9.98. The Bertz CT molecular complexity index is 335. The van der Waals surface area contributed by atoms with Gasteiger partial charge < -0.3 is 9.47 Å². The molecule has 1 saturated heterocycles. The predicted molar refractivity (Wildman–Crippen MR) is 62.0 cm³/mol. The standard InChI is InChI=1S/C10H19NO5S/c1-2-16-10(12)3-6-11-17(13,14)9-4-7-15-8-5-9/h9,11H,2-8H2,1H3. The molecular formula is C10H19NO5S. The molecule has 1 aliphatic heterocycles. The van der Waals surface area contributed by atoms with Gasteiger partial charge in [0.25, 0.3) is 0 Å². The van der Waals surface area contributed by atoms with Crippen LogP contribution in [0.15, 0.2) is 0 Å². The Hall–Kier alpha value is -0.660. The smallest absolute Gasteiger partial charge is 0.307 e. The summed E-state index contributed by atoms with van der Waals surface area (Å²) in [6, 6.07) is 0. The minimum atomic E-state index is -3.33. The van der Waals surface area contributed by atoms with E-state index in [-0.39, 0.29) is 18.9 Å². The van der Waals surface area contributed by atoms with E-state index < -0.39 is 15.3 Å². The maximum atomic E-state index is 11.8. The lowest BCUT2D eigenvalue weighted by molar-refractivity contribution is -0.142. The normalized spacial score (nSPS) is 17.9. The highest BCUT2D eigenvalue weighted by Crippen LogP contribution is 2.14. The van der Waals surface area contributed by atoms with Gasteiger partial charge in [0.05, 0.1) is 18.3 Å². The number of esters is 1. The van der Waals surface area contributed by atoms with Crippen molar-refractivity contribution in [2.75, 3.05) is 26.4 Å². The van der Waals surface area contributed by atoms with E-state index in [1.807, 2.05) is 0 Å². The van der Waals surface area contributed by atoms with E-state index in [4.69, 9.17) is 9.47 Å². The van der Waals surface area contributed by atoms with Crippen molar-refractivity contribution in [3.8, 4) is 0 Å². The molecule has 0 atom stereocenters. The molecule has 0 radical (unpaired) electrons. The average molecular weight is 265 g/mol. The zero-order valence-corrected chi connectivity index (χ0v) is 10.8. The summed E-state index contributed by atoms with van der Waals surface area (Å²) in [5.41, 5.74) is 0.